The summed E-state index contributed by atoms with van der Waals surface area (Å²) in [6.07, 6.45) is -7.95. The summed E-state index contributed by atoms with van der Waals surface area (Å²) < 4.78 is 69.0. The van der Waals surface area contributed by atoms with Crippen LogP contribution in [-0.4, -0.2) is 74.4 Å². The van der Waals surface area contributed by atoms with Gasteiger partial charge < -0.3 is 20.2 Å². The van der Waals surface area contributed by atoms with Crippen LogP contribution >= 0.6 is 0 Å². The van der Waals surface area contributed by atoms with Crippen molar-refractivity contribution in [3.8, 4) is 11.4 Å². The van der Waals surface area contributed by atoms with Crippen molar-refractivity contribution in [2.75, 3.05) is 19.6 Å². The maximum atomic E-state index is 13.8. The number of carboxylic acid groups (broad SMARTS) is 1. The quantitative estimate of drug-likeness (QED) is 0.543. The van der Waals surface area contributed by atoms with Crippen LogP contribution in [0.1, 0.15) is 36.2 Å². The van der Waals surface area contributed by atoms with E-state index >= 15 is 0 Å². The summed E-state index contributed by atoms with van der Waals surface area (Å²) >= 11 is 0. The van der Waals surface area contributed by atoms with Crippen molar-refractivity contribution in [2.24, 2.45) is 0 Å². The maximum Gasteiger partial charge on any atom is 0.433 e. The van der Waals surface area contributed by atoms with E-state index in [0.717, 1.165) is 4.90 Å². The molecule has 0 radical (unpaired) electrons. The molecule has 4 rings (SSSR count). The Morgan fingerprint density at radius 3 is 2.50 bits per heavy atom. The molecule has 0 spiro atoms. The van der Waals surface area contributed by atoms with Crippen molar-refractivity contribution < 1.29 is 41.4 Å². The van der Waals surface area contributed by atoms with Gasteiger partial charge in [-0.15, -0.1) is 0 Å². The largest absolute Gasteiger partial charge is 0.465 e. The fourth-order valence-corrected chi connectivity index (χ4v) is 4.60. The van der Waals surface area contributed by atoms with E-state index < -0.39 is 74.1 Å². The second-order valence-corrected chi connectivity index (χ2v) is 9.23. The van der Waals surface area contributed by atoms with Crippen LogP contribution in [0.2, 0.25) is 0 Å². The molecular formula is C24H24F5N5O4. The number of nitrogens with zero attached hydrogens (tertiary/aromatic N) is 4. The molecule has 204 valence electrons. The fraction of sp³-hybridized carbons (Fsp3) is 0.458. The zero-order valence-corrected chi connectivity index (χ0v) is 20.0. The SMILES string of the molecule is O=C(O)N[C@@H](CC(=O)N1CCc2c(nc(-c3ccccc3)nc2C(F)(F)F)C1)CN1CC(F)(F)CCC1=O. The van der Waals surface area contributed by atoms with Crippen molar-refractivity contribution >= 4 is 17.9 Å². The summed E-state index contributed by atoms with van der Waals surface area (Å²) in [6.45, 7) is -1.73. The molecule has 0 saturated carbocycles. The molecule has 3 heterocycles. The number of hydrogen-bond donors (Lipinski definition) is 2. The minimum atomic E-state index is -4.75. The highest BCUT2D eigenvalue weighted by Crippen LogP contribution is 2.35. The van der Waals surface area contributed by atoms with Crippen molar-refractivity contribution in [3.05, 3.63) is 47.3 Å². The normalized spacial score (nSPS) is 18.1. The van der Waals surface area contributed by atoms with E-state index in [1.54, 1.807) is 30.3 Å². The number of hydrogen-bond acceptors (Lipinski definition) is 5. The van der Waals surface area contributed by atoms with Gasteiger partial charge >= 0.3 is 12.3 Å². The third-order valence-electron chi connectivity index (χ3n) is 6.39. The van der Waals surface area contributed by atoms with Gasteiger partial charge in [0.1, 0.15) is 0 Å². The third-order valence-corrected chi connectivity index (χ3v) is 6.39. The number of rotatable bonds is 6. The summed E-state index contributed by atoms with van der Waals surface area (Å²) in [5, 5.41) is 11.2. The molecule has 1 atom stereocenters. The monoisotopic (exact) mass is 541 g/mol. The number of carbonyl (C=O) groups excluding carboxylic acids is 2. The summed E-state index contributed by atoms with van der Waals surface area (Å²) in [4.78, 5) is 46.5. The Labute approximate surface area is 213 Å². The highest BCUT2D eigenvalue weighted by atomic mass is 19.4. The molecule has 1 fully saturated rings. The number of alkyl halides is 5. The van der Waals surface area contributed by atoms with Crippen LogP contribution in [0.4, 0.5) is 26.7 Å². The number of halogens is 5. The number of carbonyl (C=O) groups is 3. The Balaban J connectivity index is 1.54. The smallest absolute Gasteiger partial charge is 0.433 e. The highest BCUT2D eigenvalue weighted by molar-refractivity contribution is 5.79. The van der Waals surface area contributed by atoms with E-state index in [1.807, 2.05) is 0 Å². The summed E-state index contributed by atoms with van der Waals surface area (Å²) in [5.74, 6) is -4.49. The molecule has 2 N–H and O–H groups in total. The highest BCUT2D eigenvalue weighted by Gasteiger charge is 2.41. The van der Waals surface area contributed by atoms with Crippen molar-refractivity contribution in [1.29, 1.82) is 0 Å². The Morgan fingerprint density at radius 1 is 1.13 bits per heavy atom. The lowest BCUT2D eigenvalue weighted by Gasteiger charge is -2.35. The van der Waals surface area contributed by atoms with Gasteiger partial charge in [-0.3, -0.25) is 9.59 Å². The molecule has 0 bridgehead atoms. The molecule has 2 aromatic rings. The zero-order valence-electron chi connectivity index (χ0n) is 20.0. The molecule has 0 unspecified atom stereocenters. The van der Waals surface area contributed by atoms with E-state index in [1.165, 1.54) is 4.90 Å². The van der Waals surface area contributed by atoms with Crippen LogP contribution in [0.5, 0.6) is 0 Å². The predicted octanol–water partition coefficient (Wildman–Crippen LogP) is 3.33. The molecule has 9 nitrogen and oxygen atoms in total. The molecule has 1 aromatic carbocycles. The van der Waals surface area contributed by atoms with E-state index in [2.05, 4.69) is 15.3 Å². The van der Waals surface area contributed by atoms with Crippen molar-refractivity contribution in [3.63, 3.8) is 0 Å². The first-order chi connectivity index (χ1) is 17.8. The average Bonchev–Trinajstić information content (AvgIpc) is 2.84. The van der Waals surface area contributed by atoms with Crippen LogP contribution < -0.4 is 5.32 Å². The Morgan fingerprint density at radius 2 is 1.84 bits per heavy atom. The second-order valence-electron chi connectivity index (χ2n) is 9.23. The van der Waals surface area contributed by atoms with E-state index in [9.17, 15) is 36.3 Å². The van der Waals surface area contributed by atoms with Crippen LogP contribution in [-0.2, 0) is 28.7 Å². The minimum Gasteiger partial charge on any atom is -0.465 e. The summed E-state index contributed by atoms with van der Waals surface area (Å²) in [5.41, 5.74) is -0.830. The van der Waals surface area contributed by atoms with Crippen molar-refractivity contribution in [2.45, 2.75) is 50.4 Å². The van der Waals surface area contributed by atoms with Gasteiger partial charge in [0.15, 0.2) is 11.5 Å². The standard InChI is InChI=1S/C24H24F5N5O4/c25-23(26)8-6-18(35)34(13-23)11-15(30-22(37)38)10-19(36)33-9-7-16-17(12-33)31-21(14-4-2-1-3-5-14)32-20(16)24(27,28)29/h1-5,15,30H,6-13H2,(H,37,38)/t15-/m0/s1. The lowest BCUT2D eigenvalue weighted by atomic mass is 10.0. The first kappa shape index (κ1) is 27.2. The van der Waals surface area contributed by atoms with E-state index in [4.69, 9.17) is 5.11 Å². The van der Waals surface area contributed by atoms with Gasteiger partial charge in [-0.05, 0) is 6.42 Å². The van der Waals surface area contributed by atoms with Crippen LogP contribution in [0.25, 0.3) is 11.4 Å². The van der Waals surface area contributed by atoms with E-state index in [0.29, 0.717) is 5.56 Å². The molecular weight excluding hydrogens is 517 g/mol. The summed E-state index contributed by atoms with van der Waals surface area (Å²) in [7, 11) is 0. The Bertz CT molecular complexity index is 1220. The number of benzene rings is 1. The lowest BCUT2D eigenvalue weighted by Crippen LogP contribution is -2.53. The Kier molecular flexibility index (Phi) is 7.51. The first-order valence-corrected chi connectivity index (χ1v) is 11.8. The molecule has 3 amide bonds. The van der Waals surface area contributed by atoms with Crippen LogP contribution in [0.15, 0.2) is 30.3 Å². The van der Waals surface area contributed by atoms with Gasteiger partial charge in [0, 0.05) is 43.5 Å². The molecule has 1 aromatic heterocycles. The Hall–Kier alpha value is -3.84. The molecule has 0 aliphatic carbocycles. The van der Waals surface area contributed by atoms with Crippen molar-refractivity contribution in [1.82, 2.24) is 25.1 Å². The van der Waals surface area contributed by atoms with E-state index in [-0.39, 0.29) is 36.6 Å². The number of nitrogens with one attached hydrogen (secondary N) is 1. The van der Waals surface area contributed by atoms with Gasteiger partial charge in [0.05, 0.1) is 24.8 Å². The van der Waals surface area contributed by atoms with Gasteiger partial charge in [0.25, 0.3) is 5.92 Å². The summed E-state index contributed by atoms with van der Waals surface area (Å²) in [6, 6.07) is 6.85. The van der Waals surface area contributed by atoms with Gasteiger partial charge in [-0.25, -0.2) is 23.5 Å². The molecule has 2 aliphatic heterocycles. The fourth-order valence-electron chi connectivity index (χ4n) is 4.60. The average molecular weight is 541 g/mol. The molecule has 38 heavy (non-hydrogen) atoms. The minimum absolute atomic E-state index is 0.0133. The molecule has 14 heteroatoms. The first-order valence-electron chi connectivity index (χ1n) is 11.8. The van der Waals surface area contributed by atoms with Gasteiger partial charge in [-0.1, -0.05) is 30.3 Å². The molecule has 1 saturated heterocycles. The number of amides is 3. The second kappa shape index (κ2) is 10.5. The number of fused-ring (bicyclic) bond motifs is 1. The van der Waals surface area contributed by atoms with Gasteiger partial charge in [-0.2, -0.15) is 13.2 Å². The number of likely N-dealkylation sites (tertiary alicyclic amines) is 1. The maximum absolute atomic E-state index is 13.8. The lowest BCUT2D eigenvalue weighted by molar-refractivity contribution is -0.148. The number of aromatic nitrogens is 2. The predicted molar refractivity (Wildman–Crippen MR) is 122 cm³/mol. The van der Waals surface area contributed by atoms with Crippen LogP contribution in [0.3, 0.4) is 0 Å². The zero-order chi connectivity index (χ0) is 27.7. The number of piperidine rings is 1. The molecule has 2 aliphatic rings. The van der Waals surface area contributed by atoms with Crippen LogP contribution in [0, 0.1) is 0 Å². The van der Waals surface area contributed by atoms with Gasteiger partial charge in [0.2, 0.25) is 11.8 Å². The topological polar surface area (TPSA) is 116 Å². The third kappa shape index (κ3) is 6.34.